The van der Waals surface area contributed by atoms with Crippen LogP contribution >= 0.6 is 0 Å². The zero-order chi connectivity index (χ0) is 15.1. The van der Waals surface area contributed by atoms with Crippen LogP contribution < -0.4 is 10.6 Å². The number of nitrogens with one attached hydrogen (secondary N) is 2. The highest BCUT2D eigenvalue weighted by Crippen LogP contribution is 2.51. The minimum absolute atomic E-state index is 0.155. The van der Waals surface area contributed by atoms with Crippen molar-refractivity contribution in [3.05, 3.63) is 35.4 Å². The van der Waals surface area contributed by atoms with Gasteiger partial charge in [-0.3, -0.25) is 4.79 Å². The number of carbonyl (C=O) groups is 1. The molecule has 0 saturated carbocycles. The second kappa shape index (κ2) is 5.13. The Labute approximate surface area is 127 Å². The summed E-state index contributed by atoms with van der Waals surface area (Å²) in [4.78, 5) is 12.5. The Balaban J connectivity index is 1.94. The Hall–Kier alpha value is -1.35. The minimum Gasteiger partial charge on any atom is -0.348 e. The number of benzene rings is 1. The van der Waals surface area contributed by atoms with Crippen LogP contribution in [-0.4, -0.2) is 19.0 Å². The molecule has 0 bridgehead atoms. The van der Waals surface area contributed by atoms with Gasteiger partial charge in [-0.2, -0.15) is 0 Å². The fourth-order valence-corrected chi connectivity index (χ4v) is 3.76. The predicted octanol–water partition coefficient (Wildman–Crippen LogP) is 2.82. The number of hydrogen-bond acceptors (Lipinski definition) is 2. The van der Waals surface area contributed by atoms with E-state index in [-0.39, 0.29) is 22.8 Å². The summed E-state index contributed by atoms with van der Waals surface area (Å²) in [6, 6.07) is 8.79. The topological polar surface area (TPSA) is 41.1 Å². The Morgan fingerprint density at radius 3 is 2.57 bits per heavy atom. The molecule has 1 saturated heterocycles. The van der Waals surface area contributed by atoms with Crippen LogP contribution in [0.25, 0.3) is 0 Å². The van der Waals surface area contributed by atoms with Gasteiger partial charge < -0.3 is 10.6 Å². The third-order valence-electron chi connectivity index (χ3n) is 5.08. The minimum atomic E-state index is -0.342. The molecule has 1 aromatic carbocycles. The number of amides is 1. The van der Waals surface area contributed by atoms with E-state index in [2.05, 4.69) is 34.9 Å². The first-order valence-electron chi connectivity index (χ1n) is 8.02. The molecule has 1 aromatic rings. The van der Waals surface area contributed by atoms with E-state index in [1.807, 2.05) is 20.8 Å². The second-order valence-corrected chi connectivity index (χ2v) is 7.64. The standard InChI is InChI=1S/C18H26N2O/c1-17(2,3)16(21)20-15-14-7-5-4-6-13(14)12-18(15)8-10-19-11-9-18/h4-7,15,19H,8-12H2,1-3H3,(H,20,21)/t15-/m1/s1. The summed E-state index contributed by atoms with van der Waals surface area (Å²) in [7, 11) is 0. The largest absolute Gasteiger partial charge is 0.348 e. The predicted molar refractivity (Wildman–Crippen MR) is 85.0 cm³/mol. The lowest BCUT2D eigenvalue weighted by atomic mass is 9.73. The average molecular weight is 286 g/mol. The SMILES string of the molecule is CC(C)(C)C(=O)N[C@@H]1c2ccccc2CC12CCNCC2. The van der Waals surface area contributed by atoms with Gasteiger partial charge in [-0.1, -0.05) is 45.0 Å². The summed E-state index contributed by atoms with van der Waals surface area (Å²) in [6.07, 6.45) is 3.37. The van der Waals surface area contributed by atoms with Crippen LogP contribution in [0.1, 0.15) is 50.8 Å². The van der Waals surface area contributed by atoms with Gasteiger partial charge in [-0.15, -0.1) is 0 Å². The fraction of sp³-hybridized carbons (Fsp3) is 0.611. The molecule has 0 radical (unpaired) electrons. The third-order valence-corrected chi connectivity index (χ3v) is 5.08. The smallest absolute Gasteiger partial charge is 0.225 e. The maximum Gasteiger partial charge on any atom is 0.225 e. The van der Waals surface area contributed by atoms with Crippen LogP contribution in [-0.2, 0) is 11.2 Å². The highest BCUT2D eigenvalue weighted by Gasteiger charge is 2.47. The molecule has 1 heterocycles. The molecule has 1 atom stereocenters. The number of rotatable bonds is 1. The molecule has 1 fully saturated rings. The lowest BCUT2D eigenvalue weighted by Gasteiger charge is -2.40. The third kappa shape index (κ3) is 2.59. The van der Waals surface area contributed by atoms with E-state index < -0.39 is 0 Å². The van der Waals surface area contributed by atoms with E-state index >= 15 is 0 Å². The number of piperidine rings is 1. The first-order chi connectivity index (χ1) is 9.92. The molecule has 3 heteroatoms. The van der Waals surface area contributed by atoms with Crippen LogP contribution in [0.4, 0.5) is 0 Å². The first-order valence-corrected chi connectivity index (χ1v) is 8.02. The zero-order valence-corrected chi connectivity index (χ0v) is 13.3. The van der Waals surface area contributed by atoms with E-state index in [4.69, 9.17) is 0 Å². The molecular weight excluding hydrogens is 260 g/mol. The van der Waals surface area contributed by atoms with Crippen molar-refractivity contribution in [3.63, 3.8) is 0 Å². The van der Waals surface area contributed by atoms with Crippen LogP contribution in [0, 0.1) is 10.8 Å². The summed E-state index contributed by atoms with van der Waals surface area (Å²) in [5.41, 5.74) is 2.61. The average Bonchev–Trinajstić information content (AvgIpc) is 2.72. The quantitative estimate of drug-likeness (QED) is 0.833. The van der Waals surface area contributed by atoms with Crippen molar-refractivity contribution < 1.29 is 4.79 Å². The molecule has 3 rings (SSSR count). The van der Waals surface area contributed by atoms with Crippen LogP contribution in [0.5, 0.6) is 0 Å². The monoisotopic (exact) mass is 286 g/mol. The van der Waals surface area contributed by atoms with E-state index in [9.17, 15) is 4.79 Å². The number of fused-ring (bicyclic) bond motifs is 1. The first kappa shape index (κ1) is 14.6. The lowest BCUT2D eigenvalue weighted by Crippen LogP contribution is -2.47. The Morgan fingerprint density at radius 1 is 1.24 bits per heavy atom. The Kier molecular flexibility index (Phi) is 3.56. The Bertz CT molecular complexity index is 538. The number of hydrogen-bond donors (Lipinski definition) is 2. The van der Waals surface area contributed by atoms with Gasteiger partial charge in [0.05, 0.1) is 6.04 Å². The van der Waals surface area contributed by atoms with E-state index in [0.29, 0.717) is 0 Å². The van der Waals surface area contributed by atoms with Crippen LogP contribution in [0.3, 0.4) is 0 Å². The van der Waals surface area contributed by atoms with Crippen molar-refractivity contribution in [2.45, 2.75) is 46.1 Å². The van der Waals surface area contributed by atoms with Gasteiger partial charge in [0.15, 0.2) is 0 Å². The molecule has 114 valence electrons. The number of carbonyl (C=O) groups excluding carboxylic acids is 1. The van der Waals surface area contributed by atoms with Gasteiger partial charge in [0.2, 0.25) is 5.91 Å². The van der Waals surface area contributed by atoms with Gasteiger partial charge in [0.1, 0.15) is 0 Å². The zero-order valence-electron chi connectivity index (χ0n) is 13.3. The van der Waals surface area contributed by atoms with Gasteiger partial charge in [0, 0.05) is 10.8 Å². The highest BCUT2D eigenvalue weighted by molar-refractivity contribution is 5.82. The van der Waals surface area contributed by atoms with Crippen molar-refractivity contribution in [3.8, 4) is 0 Å². The van der Waals surface area contributed by atoms with Crippen molar-refractivity contribution in [1.29, 1.82) is 0 Å². The molecule has 2 N–H and O–H groups in total. The summed E-state index contributed by atoms with van der Waals surface area (Å²) < 4.78 is 0. The Morgan fingerprint density at radius 2 is 1.90 bits per heavy atom. The molecular formula is C18H26N2O. The molecule has 3 nitrogen and oxygen atoms in total. The molecule has 1 amide bonds. The van der Waals surface area contributed by atoms with Crippen molar-refractivity contribution in [1.82, 2.24) is 10.6 Å². The molecule has 0 aromatic heterocycles. The molecule has 1 spiro atoms. The van der Waals surface area contributed by atoms with Crippen molar-refractivity contribution in [2.75, 3.05) is 13.1 Å². The second-order valence-electron chi connectivity index (χ2n) is 7.64. The van der Waals surface area contributed by atoms with E-state index in [1.165, 1.54) is 11.1 Å². The molecule has 1 aliphatic carbocycles. The maximum atomic E-state index is 12.5. The summed E-state index contributed by atoms with van der Waals surface area (Å²) in [5.74, 6) is 0.155. The maximum absolute atomic E-state index is 12.5. The van der Waals surface area contributed by atoms with Crippen molar-refractivity contribution in [2.24, 2.45) is 10.8 Å². The van der Waals surface area contributed by atoms with Gasteiger partial charge in [0.25, 0.3) is 0 Å². The summed E-state index contributed by atoms with van der Waals surface area (Å²) in [5, 5.41) is 6.82. The van der Waals surface area contributed by atoms with E-state index in [1.54, 1.807) is 0 Å². The van der Waals surface area contributed by atoms with Gasteiger partial charge in [-0.25, -0.2) is 0 Å². The molecule has 1 aliphatic heterocycles. The summed E-state index contributed by atoms with van der Waals surface area (Å²) in [6.45, 7) is 8.06. The molecule has 0 unspecified atom stereocenters. The van der Waals surface area contributed by atoms with Crippen LogP contribution in [0.15, 0.2) is 24.3 Å². The molecule has 21 heavy (non-hydrogen) atoms. The molecule has 2 aliphatic rings. The van der Waals surface area contributed by atoms with E-state index in [0.717, 1.165) is 32.4 Å². The van der Waals surface area contributed by atoms with Gasteiger partial charge in [-0.05, 0) is 43.5 Å². The fourth-order valence-electron chi connectivity index (χ4n) is 3.76. The van der Waals surface area contributed by atoms with Gasteiger partial charge >= 0.3 is 0 Å². The van der Waals surface area contributed by atoms with Crippen molar-refractivity contribution >= 4 is 5.91 Å². The summed E-state index contributed by atoms with van der Waals surface area (Å²) >= 11 is 0. The van der Waals surface area contributed by atoms with Crippen LogP contribution in [0.2, 0.25) is 0 Å². The lowest BCUT2D eigenvalue weighted by molar-refractivity contribution is -0.130. The normalized spacial score (nSPS) is 23.9. The highest BCUT2D eigenvalue weighted by atomic mass is 16.2.